The molecule has 0 aliphatic carbocycles. The van der Waals surface area contributed by atoms with Crippen LogP contribution in [0.25, 0.3) is 0 Å². The minimum absolute atomic E-state index is 0.0841. The maximum Gasteiger partial charge on any atom is 0.322 e. The van der Waals surface area contributed by atoms with Gasteiger partial charge >= 0.3 is 6.03 Å². The van der Waals surface area contributed by atoms with Crippen molar-refractivity contribution in [2.24, 2.45) is 0 Å². The third-order valence-corrected chi connectivity index (χ3v) is 4.02. The van der Waals surface area contributed by atoms with Crippen molar-refractivity contribution >= 4 is 34.7 Å². The van der Waals surface area contributed by atoms with Gasteiger partial charge in [0.05, 0.1) is 17.3 Å². The van der Waals surface area contributed by atoms with Crippen LogP contribution in [0.4, 0.5) is 10.5 Å². The van der Waals surface area contributed by atoms with E-state index in [-0.39, 0.29) is 19.2 Å². The van der Waals surface area contributed by atoms with Crippen LogP contribution in [0.1, 0.15) is 11.1 Å². The molecule has 0 spiro atoms. The summed E-state index contributed by atoms with van der Waals surface area (Å²) in [5.74, 6) is 0. The van der Waals surface area contributed by atoms with Gasteiger partial charge in [-0.1, -0.05) is 17.7 Å². The quantitative estimate of drug-likeness (QED) is 0.880. The second-order valence-electron chi connectivity index (χ2n) is 4.69. The monoisotopic (exact) mass is 324 g/mol. The number of aryl methyl sites for hydroxylation is 1. The summed E-state index contributed by atoms with van der Waals surface area (Å²) in [6.45, 7) is 2.58. The van der Waals surface area contributed by atoms with E-state index in [2.05, 4.69) is 5.32 Å². The summed E-state index contributed by atoms with van der Waals surface area (Å²) in [5, 5.41) is 16.4. The predicted octanol–water partition coefficient (Wildman–Crippen LogP) is 3.74. The lowest BCUT2D eigenvalue weighted by Gasteiger charge is -2.22. The molecule has 0 radical (unpaired) electrons. The summed E-state index contributed by atoms with van der Waals surface area (Å²) in [7, 11) is 0. The fraction of sp³-hybridized carbons (Fsp3) is 0.267. The number of hydrogen-bond donors (Lipinski definition) is 2. The summed E-state index contributed by atoms with van der Waals surface area (Å²) in [6, 6.07) is 7.14. The molecule has 2 aromatic rings. The van der Waals surface area contributed by atoms with Crippen LogP contribution in [-0.4, -0.2) is 29.2 Å². The predicted molar refractivity (Wildman–Crippen MR) is 87.0 cm³/mol. The van der Waals surface area contributed by atoms with Gasteiger partial charge in [0, 0.05) is 13.1 Å². The summed E-state index contributed by atoms with van der Waals surface area (Å²) in [6.07, 6.45) is 0. The van der Waals surface area contributed by atoms with E-state index in [4.69, 9.17) is 16.7 Å². The minimum atomic E-state index is -0.277. The van der Waals surface area contributed by atoms with Gasteiger partial charge in [-0.15, -0.1) is 0 Å². The number of halogens is 1. The van der Waals surface area contributed by atoms with Gasteiger partial charge in [-0.3, -0.25) is 0 Å². The van der Waals surface area contributed by atoms with E-state index < -0.39 is 0 Å². The third-order valence-electron chi connectivity index (χ3n) is 2.98. The molecule has 0 unspecified atom stereocenters. The van der Waals surface area contributed by atoms with Crippen LogP contribution >= 0.6 is 22.9 Å². The molecule has 0 bridgehead atoms. The Hall–Kier alpha value is -1.56. The number of amides is 2. The lowest BCUT2D eigenvalue weighted by Crippen LogP contribution is -2.36. The Labute approximate surface area is 133 Å². The molecule has 0 saturated carbocycles. The number of urea groups is 1. The summed E-state index contributed by atoms with van der Waals surface area (Å²) in [5.41, 5.74) is 2.64. The molecule has 0 saturated heterocycles. The third kappa shape index (κ3) is 4.46. The van der Waals surface area contributed by atoms with Crippen molar-refractivity contribution < 1.29 is 9.90 Å². The molecule has 6 heteroatoms. The number of thiophene rings is 1. The zero-order valence-electron chi connectivity index (χ0n) is 11.7. The van der Waals surface area contributed by atoms with Gasteiger partial charge in [-0.05, 0) is 47.0 Å². The number of aliphatic hydroxyl groups excluding tert-OH is 1. The van der Waals surface area contributed by atoms with Crippen molar-refractivity contribution in [1.29, 1.82) is 0 Å². The first-order valence-electron chi connectivity index (χ1n) is 6.54. The van der Waals surface area contributed by atoms with Crippen molar-refractivity contribution in [3.05, 3.63) is 51.2 Å². The highest BCUT2D eigenvalue weighted by atomic mass is 35.5. The molecular weight excluding hydrogens is 308 g/mol. The number of carbonyl (C=O) groups excluding carboxylic acids is 1. The number of hydrogen-bond acceptors (Lipinski definition) is 3. The molecule has 21 heavy (non-hydrogen) atoms. The van der Waals surface area contributed by atoms with Crippen molar-refractivity contribution in [3.63, 3.8) is 0 Å². The zero-order chi connectivity index (χ0) is 15.2. The van der Waals surface area contributed by atoms with E-state index in [9.17, 15) is 4.79 Å². The highest BCUT2D eigenvalue weighted by molar-refractivity contribution is 7.07. The van der Waals surface area contributed by atoms with E-state index in [0.717, 1.165) is 11.1 Å². The first-order valence-corrected chi connectivity index (χ1v) is 7.86. The molecule has 0 atom stereocenters. The SMILES string of the molecule is Cc1ccc(NC(=O)N(CCO)Cc2ccsc2)c(Cl)c1. The molecule has 2 N–H and O–H groups in total. The lowest BCUT2D eigenvalue weighted by atomic mass is 10.2. The number of anilines is 1. The zero-order valence-corrected chi connectivity index (χ0v) is 13.2. The van der Waals surface area contributed by atoms with Crippen LogP contribution in [0, 0.1) is 6.92 Å². The van der Waals surface area contributed by atoms with Crippen LogP contribution < -0.4 is 5.32 Å². The number of carbonyl (C=O) groups is 1. The maximum absolute atomic E-state index is 12.3. The van der Waals surface area contributed by atoms with Crippen LogP contribution in [0.5, 0.6) is 0 Å². The fourth-order valence-corrected chi connectivity index (χ4v) is 2.83. The van der Waals surface area contributed by atoms with E-state index in [1.165, 1.54) is 0 Å². The van der Waals surface area contributed by atoms with Gasteiger partial charge in [0.25, 0.3) is 0 Å². The molecule has 1 aromatic carbocycles. The molecule has 4 nitrogen and oxygen atoms in total. The molecule has 0 fully saturated rings. The highest BCUT2D eigenvalue weighted by Crippen LogP contribution is 2.23. The van der Waals surface area contributed by atoms with Crippen molar-refractivity contribution in [2.75, 3.05) is 18.5 Å². The lowest BCUT2D eigenvalue weighted by molar-refractivity contribution is 0.185. The Balaban J connectivity index is 2.07. The topological polar surface area (TPSA) is 52.6 Å². The molecule has 0 aliphatic rings. The summed E-state index contributed by atoms with van der Waals surface area (Å²) in [4.78, 5) is 13.9. The van der Waals surface area contributed by atoms with E-state index in [1.807, 2.05) is 29.8 Å². The molecule has 2 rings (SSSR count). The van der Waals surface area contributed by atoms with Crippen LogP contribution in [0.2, 0.25) is 5.02 Å². The van der Waals surface area contributed by atoms with Crippen molar-refractivity contribution in [1.82, 2.24) is 4.90 Å². The first-order chi connectivity index (χ1) is 10.1. The number of rotatable bonds is 5. The van der Waals surface area contributed by atoms with Crippen LogP contribution in [-0.2, 0) is 6.54 Å². The van der Waals surface area contributed by atoms with E-state index in [1.54, 1.807) is 28.4 Å². The van der Waals surface area contributed by atoms with Gasteiger partial charge in [-0.2, -0.15) is 11.3 Å². The van der Waals surface area contributed by atoms with E-state index >= 15 is 0 Å². The number of nitrogens with zero attached hydrogens (tertiary/aromatic N) is 1. The average Bonchev–Trinajstić information content (AvgIpc) is 2.94. The fourth-order valence-electron chi connectivity index (χ4n) is 1.89. The number of aliphatic hydroxyl groups is 1. The highest BCUT2D eigenvalue weighted by Gasteiger charge is 2.15. The first kappa shape index (κ1) is 15.8. The van der Waals surface area contributed by atoms with Crippen molar-refractivity contribution in [2.45, 2.75) is 13.5 Å². The molecule has 0 aliphatic heterocycles. The van der Waals surface area contributed by atoms with Gasteiger partial charge < -0.3 is 15.3 Å². The minimum Gasteiger partial charge on any atom is -0.395 e. The Morgan fingerprint density at radius 1 is 1.43 bits per heavy atom. The van der Waals surface area contributed by atoms with Crippen LogP contribution in [0.15, 0.2) is 35.0 Å². The molecule has 112 valence electrons. The van der Waals surface area contributed by atoms with Gasteiger partial charge in [-0.25, -0.2) is 4.79 Å². The second-order valence-corrected chi connectivity index (χ2v) is 5.88. The largest absolute Gasteiger partial charge is 0.395 e. The summed E-state index contributed by atoms with van der Waals surface area (Å²) >= 11 is 7.69. The number of nitrogens with one attached hydrogen (secondary N) is 1. The van der Waals surface area contributed by atoms with Gasteiger partial charge in [0.1, 0.15) is 0 Å². The Kier molecular flexibility index (Phi) is 5.61. The van der Waals surface area contributed by atoms with E-state index in [0.29, 0.717) is 17.3 Å². The van der Waals surface area contributed by atoms with Crippen LogP contribution in [0.3, 0.4) is 0 Å². The molecule has 1 aromatic heterocycles. The average molecular weight is 325 g/mol. The smallest absolute Gasteiger partial charge is 0.322 e. The molecule has 2 amide bonds. The normalized spacial score (nSPS) is 10.4. The van der Waals surface area contributed by atoms with Gasteiger partial charge in [0.2, 0.25) is 0 Å². The second kappa shape index (κ2) is 7.45. The Morgan fingerprint density at radius 3 is 2.86 bits per heavy atom. The summed E-state index contributed by atoms with van der Waals surface area (Å²) < 4.78 is 0. The molecular formula is C15H17ClN2O2S. The van der Waals surface area contributed by atoms with Crippen molar-refractivity contribution in [3.8, 4) is 0 Å². The Bertz CT molecular complexity index is 602. The maximum atomic E-state index is 12.3. The number of benzene rings is 1. The standard InChI is InChI=1S/C15H17ClN2O2S/c1-11-2-3-14(13(16)8-11)17-15(20)18(5-6-19)9-12-4-7-21-10-12/h2-4,7-8,10,19H,5-6,9H2,1H3,(H,17,20). The Morgan fingerprint density at radius 2 is 2.24 bits per heavy atom. The molecule has 1 heterocycles. The van der Waals surface area contributed by atoms with Gasteiger partial charge in [0.15, 0.2) is 0 Å².